The van der Waals surface area contributed by atoms with Gasteiger partial charge in [-0.05, 0) is 6.92 Å². The number of nitrogens with two attached hydrogens (primary N) is 1. The Morgan fingerprint density at radius 3 is 2.48 bits per heavy atom. The Labute approximate surface area is 164 Å². The third kappa shape index (κ3) is 6.45. The number of phosphoric acid groups is 1. The number of carbonyl (C=O) groups excluding carboxylic acids is 2. The molecule has 2 heterocycles. The van der Waals surface area contributed by atoms with Crippen LogP contribution in [-0.2, 0) is 35.0 Å². The number of nitrogens with zero attached hydrogens (tertiary/aromatic N) is 2. The van der Waals surface area contributed by atoms with Gasteiger partial charge in [-0.2, -0.15) is 0 Å². The zero-order chi connectivity index (χ0) is 21.6. The minimum atomic E-state index is -4.74. The number of hydrogen-bond acceptors (Lipinski definition) is 10. The summed E-state index contributed by atoms with van der Waals surface area (Å²) in [4.78, 5) is 54.6. The minimum Gasteiger partial charge on any atom is -0.505 e. The Kier molecular flexibility index (Phi) is 7.61. The van der Waals surface area contributed by atoms with E-state index in [0.717, 1.165) is 6.21 Å². The van der Waals surface area contributed by atoms with Crippen LogP contribution in [0, 0.1) is 6.92 Å². The molecular weight excluding hydrogens is 413 g/mol. The summed E-state index contributed by atoms with van der Waals surface area (Å²) in [5.41, 5.74) is 0.429. The average molecular weight is 433 g/mol. The van der Waals surface area contributed by atoms with Crippen LogP contribution < -0.4 is 16.5 Å². The molecule has 0 aliphatic carbocycles. The van der Waals surface area contributed by atoms with Gasteiger partial charge in [-0.3, -0.25) is 19.1 Å². The molecule has 0 saturated carbocycles. The molecule has 2 atom stereocenters. The van der Waals surface area contributed by atoms with E-state index in [-0.39, 0.29) is 35.8 Å². The first kappa shape index (κ1) is 22.7. The Balaban J connectivity index is 2.01. The highest BCUT2D eigenvalue weighted by Crippen LogP contribution is 2.37. The Morgan fingerprint density at radius 2 is 1.90 bits per heavy atom. The molecule has 1 saturated heterocycles. The quantitative estimate of drug-likeness (QED) is 0.141. The summed E-state index contributed by atoms with van der Waals surface area (Å²) in [6.07, 6.45) is 2.32. The number of oxime groups is 1. The molecule has 0 unspecified atom stereocenters. The number of amides is 2. The van der Waals surface area contributed by atoms with Gasteiger partial charge in [-0.1, -0.05) is 5.16 Å². The lowest BCUT2D eigenvalue weighted by molar-refractivity contribution is -0.139. The van der Waals surface area contributed by atoms with Crippen molar-refractivity contribution in [1.82, 2.24) is 15.6 Å². The lowest BCUT2D eigenvalue weighted by Gasteiger charge is -2.28. The molecule has 0 bridgehead atoms. The number of aromatic nitrogens is 1. The van der Waals surface area contributed by atoms with Gasteiger partial charge in [0.2, 0.25) is 11.8 Å². The predicted molar refractivity (Wildman–Crippen MR) is 95.0 cm³/mol. The first-order valence-electron chi connectivity index (χ1n) is 8.07. The highest BCUT2D eigenvalue weighted by atomic mass is 31.2. The minimum absolute atomic E-state index is 0.0586. The maximum Gasteiger partial charge on any atom is 0.469 e. The van der Waals surface area contributed by atoms with E-state index in [2.05, 4.69) is 30.1 Å². The van der Waals surface area contributed by atoms with Crippen LogP contribution in [-0.4, -0.2) is 63.2 Å². The Bertz CT molecular complexity index is 843. The number of rotatable bonds is 9. The van der Waals surface area contributed by atoms with Crippen LogP contribution in [0.25, 0.3) is 0 Å². The van der Waals surface area contributed by atoms with Gasteiger partial charge in [0.25, 0.3) is 0 Å². The fourth-order valence-electron chi connectivity index (χ4n) is 2.28. The molecule has 1 aromatic rings. The Morgan fingerprint density at radius 1 is 1.28 bits per heavy atom. The molecular formula is C14H20N5O9P. The van der Waals surface area contributed by atoms with E-state index in [9.17, 15) is 19.3 Å². The van der Waals surface area contributed by atoms with Crippen LogP contribution in [0.1, 0.15) is 16.8 Å². The molecule has 1 aliphatic heterocycles. The van der Waals surface area contributed by atoms with Gasteiger partial charge in [0.15, 0.2) is 0 Å². The number of pyridine rings is 1. The van der Waals surface area contributed by atoms with E-state index < -0.39 is 38.3 Å². The molecule has 0 spiro atoms. The van der Waals surface area contributed by atoms with Crippen molar-refractivity contribution in [2.24, 2.45) is 11.1 Å². The van der Waals surface area contributed by atoms with E-state index in [0.29, 0.717) is 0 Å². The second kappa shape index (κ2) is 9.73. The van der Waals surface area contributed by atoms with Gasteiger partial charge in [0.05, 0.1) is 25.1 Å². The molecule has 1 aliphatic rings. The molecule has 2 rings (SSSR count). The molecule has 15 heteroatoms. The van der Waals surface area contributed by atoms with E-state index in [1.165, 1.54) is 13.1 Å². The summed E-state index contributed by atoms with van der Waals surface area (Å²) < 4.78 is 15.3. The summed E-state index contributed by atoms with van der Waals surface area (Å²) in [5, 5.41) is 18.6. The Hall–Kier alpha value is -2.61. The molecule has 1 fully saturated rings. The maximum absolute atomic E-state index is 11.9. The predicted octanol–water partition coefficient (Wildman–Crippen LogP) is -2.07. The van der Waals surface area contributed by atoms with Crippen LogP contribution in [0.15, 0.2) is 11.4 Å². The highest BCUT2D eigenvalue weighted by Gasteiger charge is 2.34. The summed E-state index contributed by atoms with van der Waals surface area (Å²) in [5.74, 6) is 3.55. The third-order valence-corrected chi connectivity index (χ3v) is 4.24. The molecule has 0 radical (unpaired) electrons. The van der Waals surface area contributed by atoms with Crippen molar-refractivity contribution in [3.05, 3.63) is 23.0 Å². The number of piperazine rings is 1. The lowest BCUT2D eigenvalue weighted by atomic mass is 10.1. The molecule has 2 amide bonds. The van der Waals surface area contributed by atoms with Crippen molar-refractivity contribution in [1.29, 1.82) is 0 Å². The molecule has 29 heavy (non-hydrogen) atoms. The van der Waals surface area contributed by atoms with Gasteiger partial charge >= 0.3 is 7.82 Å². The molecule has 1 aromatic heterocycles. The molecule has 7 N–H and O–H groups in total. The number of aromatic hydroxyl groups is 1. The molecule has 160 valence electrons. The van der Waals surface area contributed by atoms with Gasteiger partial charge in [-0.15, -0.1) is 0 Å². The van der Waals surface area contributed by atoms with E-state index in [1.807, 2.05) is 0 Å². The van der Waals surface area contributed by atoms with E-state index >= 15 is 0 Å². The van der Waals surface area contributed by atoms with Gasteiger partial charge in [0, 0.05) is 17.3 Å². The van der Waals surface area contributed by atoms with Crippen molar-refractivity contribution in [2.75, 3.05) is 13.2 Å². The van der Waals surface area contributed by atoms with Crippen molar-refractivity contribution in [3.8, 4) is 5.75 Å². The van der Waals surface area contributed by atoms with Gasteiger partial charge in [0.1, 0.15) is 24.4 Å². The number of phosphoric ester groups is 1. The van der Waals surface area contributed by atoms with Gasteiger partial charge < -0.3 is 35.2 Å². The van der Waals surface area contributed by atoms with Gasteiger partial charge in [-0.25, -0.2) is 10.5 Å². The van der Waals surface area contributed by atoms with Crippen LogP contribution in [0.4, 0.5) is 0 Å². The SMILES string of the molecule is Cc1ncc(COP(=O)(O)O)c(/C=N\OC[C@H]2NC(=O)[C@@H](CON)NC2=O)c1O. The number of carbonyl (C=O) groups is 2. The topological polar surface area (TPSA) is 215 Å². The van der Waals surface area contributed by atoms with Crippen molar-refractivity contribution in [3.63, 3.8) is 0 Å². The fraction of sp³-hybridized carbons (Fsp3) is 0.429. The van der Waals surface area contributed by atoms with Crippen molar-refractivity contribution in [2.45, 2.75) is 25.6 Å². The highest BCUT2D eigenvalue weighted by molar-refractivity contribution is 7.46. The van der Waals surface area contributed by atoms with Crippen LogP contribution in [0.2, 0.25) is 0 Å². The summed E-state index contributed by atoms with van der Waals surface area (Å²) in [7, 11) is -4.74. The smallest absolute Gasteiger partial charge is 0.469 e. The largest absolute Gasteiger partial charge is 0.505 e. The standard InChI is InChI=1S/C14H20N5O9P/c1-7-12(20)9(8(2-16-7)4-28-29(23,24)25)3-17-27-6-11-14(22)18-10(5-26-15)13(21)19-11/h2-3,10-11,20H,4-6,15H2,1H3,(H,18,22)(H,19,21)(H2,23,24,25)/b17-3-/t10-,11-/m1/s1. The lowest BCUT2D eigenvalue weighted by Crippen LogP contribution is -2.64. The second-order valence-electron chi connectivity index (χ2n) is 5.88. The third-order valence-electron chi connectivity index (χ3n) is 3.77. The van der Waals surface area contributed by atoms with Crippen molar-refractivity contribution < 1.29 is 43.2 Å². The zero-order valence-electron chi connectivity index (χ0n) is 15.1. The van der Waals surface area contributed by atoms with Crippen LogP contribution >= 0.6 is 7.82 Å². The molecule has 0 aromatic carbocycles. The number of nitrogens with one attached hydrogen (secondary N) is 2. The maximum atomic E-state index is 11.9. The normalized spacial score (nSPS) is 19.9. The summed E-state index contributed by atoms with van der Waals surface area (Å²) >= 11 is 0. The van der Waals surface area contributed by atoms with Crippen LogP contribution in [0.5, 0.6) is 5.75 Å². The average Bonchev–Trinajstić information content (AvgIpc) is 2.64. The number of hydrogen-bond donors (Lipinski definition) is 6. The summed E-state index contributed by atoms with van der Waals surface area (Å²) in [6.45, 7) is 0.454. The second-order valence-corrected chi connectivity index (χ2v) is 7.12. The molecule has 14 nitrogen and oxygen atoms in total. The zero-order valence-corrected chi connectivity index (χ0v) is 16.0. The van der Waals surface area contributed by atoms with E-state index in [1.54, 1.807) is 0 Å². The monoisotopic (exact) mass is 433 g/mol. The fourth-order valence-corrected chi connectivity index (χ4v) is 2.59. The first-order chi connectivity index (χ1) is 13.6. The first-order valence-corrected chi connectivity index (χ1v) is 9.60. The van der Waals surface area contributed by atoms with E-state index in [4.69, 9.17) is 20.5 Å². The van der Waals surface area contributed by atoms with Crippen molar-refractivity contribution >= 4 is 25.9 Å². The number of aryl methyl sites for hydroxylation is 1. The van der Waals surface area contributed by atoms with Crippen LogP contribution in [0.3, 0.4) is 0 Å². The summed E-state index contributed by atoms with van der Waals surface area (Å²) in [6, 6.07) is -1.93.